The quantitative estimate of drug-likeness (QED) is 0.807. The molecule has 0 aliphatic carbocycles. The Kier molecular flexibility index (Phi) is 5.19. The second kappa shape index (κ2) is 7.38. The summed E-state index contributed by atoms with van der Waals surface area (Å²) < 4.78 is 24.7. The Morgan fingerprint density at radius 1 is 1.23 bits per heavy atom. The number of nitrogens with two attached hydrogens (primary N) is 1. The number of amides is 1. The van der Waals surface area contributed by atoms with E-state index in [9.17, 15) is 13.2 Å². The molecule has 1 aromatic heterocycles. The fourth-order valence-electron chi connectivity index (χ4n) is 2.96. The van der Waals surface area contributed by atoms with Crippen LogP contribution in [0, 0.1) is 0 Å². The van der Waals surface area contributed by atoms with Crippen molar-refractivity contribution in [3.63, 3.8) is 0 Å². The number of primary amides is 1. The summed E-state index contributed by atoms with van der Waals surface area (Å²) in [6.45, 7) is 0.919. The third kappa shape index (κ3) is 4.17. The summed E-state index contributed by atoms with van der Waals surface area (Å²) in [4.78, 5) is 20.4. The Hall–Kier alpha value is -2.52. The van der Waals surface area contributed by atoms with E-state index < -0.39 is 15.9 Å². The van der Waals surface area contributed by atoms with E-state index in [1.807, 2.05) is 30.3 Å². The van der Waals surface area contributed by atoms with Crippen LogP contribution < -0.4 is 11.1 Å². The van der Waals surface area contributed by atoms with Crippen molar-refractivity contribution in [3.05, 3.63) is 42.1 Å². The Bertz CT molecular complexity index is 894. The molecule has 0 unspecified atom stereocenters. The van der Waals surface area contributed by atoms with Crippen molar-refractivity contribution < 1.29 is 13.2 Å². The highest BCUT2D eigenvalue weighted by Gasteiger charge is 2.25. The van der Waals surface area contributed by atoms with E-state index in [0.29, 0.717) is 37.6 Å². The lowest BCUT2D eigenvalue weighted by Crippen LogP contribution is -2.42. The molecule has 1 aromatic carbocycles. The van der Waals surface area contributed by atoms with E-state index in [2.05, 4.69) is 15.3 Å². The molecule has 0 bridgehead atoms. The minimum atomic E-state index is -3.16. The molecule has 3 rings (SSSR count). The van der Waals surface area contributed by atoms with Crippen molar-refractivity contribution in [1.29, 1.82) is 0 Å². The van der Waals surface area contributed by atoms with Gasteiger partial charge in [0.2, 0.25) is 16.0 Å². The summed E-state index contributed by atoms with van der Waals surface area (Å²) in [7, 11) is -3.16. The van der Waals surface area contributed by atoms with Crippen molar-refractivity contribution in [2.45, 2.75) is 18.9 Å². The van der Waals surface area contributed by atoms with Gasteiger partial charge in [-0.2, -0.15) is 0 Å². The van der Waals surface area contributed by atoms with Crippen LogP contribution in [0.1, 0.15) is 23.2 Å². The smallest absolute Gasteiger partial charge is 0.252 e. The van der Waals surface area contributed by atoms with Gasteiger partial charge in [0.15, 0.2) is 0 Å². The molecule has 1 amide bonds. The number of nitrogens with one attached hydrogen (secondary N) is 1. The van der Waals surface area contributed by atoms with E-state index >= 15 is 0 Å². The zero-order valence-corrected chi connectivity index (χ0v) is 15.2. The Balaban J connectivity index is 1.79. The molecule has 3 N–H and O–H groups in total. The summed E-state index contributed by atoms with van der Waals surface area (Å²) in [6, 6.07) is 9.36. The molecule has 26 heavy (non-hydrogen) atoms. The largest absolute Gasteiger partial charge is 0.365 e. The molecule has 0 saturated carbocycles. The van der Waals surface area contributed by atoms with Crippen molar-refractivity contribution in [2.75, 3.05) is 24.7 Å². The van der Waals surface area contributed by atoms with Gasteiger partial charge in [0, 0.05) is 30.9 Å². The molecule has 138 valence electrons. The predicted octanol–water partition coefficient (Wildman–Crippen LogP) is 1.08. The molecule has 9 heteroatoms. The molecule has 1 saturated heterocycles. The second-order valence-corrected chi connectivity index (χ2v) is 8.25. The number of hydrogen-bond acceptors (Lipinski definition) is 6. The van der Waals surface area contributed by atoms with E-state index in [4.69, 9.17) is 5.73 Å². The van der Waals surface area contributed by atoms with E-state index in [1.165, 1.54) is 16.8 Å². The monoisotopic (exact) mass is 375 g/mol. The number of sulfonamides is 1. The van der Waals surface area contributed by atoms with Crippen LogP contribution in [0.15, 0.2) is 36.5 Å². The fourth-order valence-corrected chi connectivity index (χ4v) is 3.84. The standard InChI is InChI=1S/C17H21N5O3S/c1-26(24,25)22-9-7-13(8-10-22)20-17-19-11-14(16(18)23)15(21-17)12-5-3-2-4-6-12/h2-6,11,13H,7-10H2,1H3,(H2,18,23)(H,19,20,21). The number of aromatic nitrogens is 2. The van der Waals surface area contributed by atoms with E-state index in [0.717, 1.165) is 5.56 Å². The van der Waals surface area contributed by atoms with Gasteiger partial charge in [0.25, 0.3) is 5.91 Å². The first-order chi connectivity index (χ1) is 12.3. The van der Waals surface area contributed by atoms with Gasteiger partial charge in [0.1, 0.15) is 0 Å². The molecule has 1 fully saturated rings. The topological polar surface area (TPSA) is 118 Å². The third-order valence-electron chi connectivity index (χ3n) is 4.36. The Morgan fingerprint density at radius 3 is 2.46 bits per heavy atom. The first-order valence-corrected chi connectivity index (χ1v) is 10.1. The van der Waals surface area contributed by atoms with Crippen LogP contribution in [-0.2, 0) is 10.0 Å². The lowest BCUT2D eigenvalue weighted by molar-refractivity contribution is 0.100. The Morgan fingerprint density at radius 2 is 1.88 bits per heavy atom. The van der Waals surface area contributed by atoms with Gasteiger partial charge in [-0.3, -0.25) is 4.79 Å². The minimum Gasteiger partial charge on any atom is -0.365 e. The maximum atomic E-state index is 11.7. The van der Waals surface area contributed by atoms with Gasteiger partial charge in [0.05, 0.1) is 17.5 Å². The number of benzene rings is 1. The number of nitrogens with zero attached hydrogens (tertiary/aromatic N) is 3. The number of rotatable bonds is 5. The van der Waals surface area contributed by atoms with E-state index in [1.54, 1.807) is 0 Å². The van der Waals surface area contributed by atoms with Crippen LogP contribution in [0.5, 0.6) is 0 Å². The van der Waals surface area contributed by atoms with Gasteiger partial charge in [-0.1, -0.05) is 30.3 Å². The van der Waals surface area contributed by atoms with Crippen molar-refractivity contribution in [2.24, 2.45) is 5.73 Å². The van der Waals surface area contributed by atoms with Gasteiger partial charge < -0.3 is 11.1 Å². The summed E-state index contributed by atoms with van der Waals surface area (Å²) >= 11 is 0. The lowest BCUT2D eigenvalue weighted by Gasteiger charge is -2.30. The number of anilines is 1. The summed E-state index contributed by atoms with van der Waals surface area (Å²) in [5, 5.41) is 3.23. The van der Waals surface area contributed by atoms with Gasteiger partial charge in [-0.05, 0) is 12.8 Å². The lowest BCUT2D eigenvalue weighted by atomic mass is 10.1. The van der Waals surface area contributed by atoms with Crippen LogP contribution in [0.4, 0.5) is 5.95 Å². The minimum absolute atomic E-state index is 0.0658. The molecule has 1 aliphatic heterocycles. The number of piperidine rings is 1. The van der Waals surface area contributed by atoms with Gasteiger partial charge in [-0.15, -0.1) is 0 Å². The molecule has 2 aromatic rings. The highest BCUT2D eigenvalue weighted by Crippen LogP contribution is 2.23. The zero-order valence-electron chi connectivity index (χ0n) is 14.4. The molecule has 1 aliphatic rings. The average Bonchev–Trinajstić information content (AvgIpc) is 2.62. The Labute approximate surface area is 152 Å². The maximum absolute atomic E-state index is 11.7. The average molecular weight is 375 g/mol. The second-order valence-electron chi connectivity index (χ2n) is 6.27. The van der Waals surface area contributed by atoms with Crippen LogP contribution in [0.25, 0.3) is 11.3 Å². The third-order valence-corrected chi connectivity index (χ3v) is 5.66. The van der Waals surface area contributed by atoms with Crippen LogP contribution in [-0.4, -0.2) is 54.0 Å². The maximum Gasteiger partial charge on any atom is 0.252 e. The normalized spacial score (nSPS) is 16.3. The molecule has 8 nitrogen and oxygen atoms in total. The molecule has 0 radical (unpaired) electrons. The molecule has 0 spiro atoms. The summed E-state index contributed by atoms with van der Waals surface area (Å²) in [6.07, 6.45) is 3.97. The number of carbonyl (C=O) groups is 1. The fraction of sp³-hybridized carbons (Fsp3) is 0.353. The van der Waals surface area contributed by atoms with Crippen molar-refractivity contribution >= 4 is 21.9 Å². The van der Waals surface area contributed by atoms with Crippen LogP contribution in [0.3, 0.4) is 0 Å². The summed E-state index contributed by atoms with van der Waals surface area (Å²) in [5.74, 6) is -0.191. The highest BCUT2D eigenvalue weighted by molar-refractivity contribution is 7.88. The summed E-state index contributed by atoms with van der Waals surface area (Å²) in [5.41, 5.74) is 6.95. The SMILES string of the molecule is CS(=O)(=O)N1CCC(Nc2ncc(C(N)=O)c(-c3ccccc3)n2)CC1. The van der Waals surface area contributed by atoms with E-state index in [-0.39, 0.29) is 11.6 Å². The van der Waals surface area contributed by atoms with Crippen molar-refractivity contribution in [3.8, 4) is 11.3 Å². The van der Waals surface area contributed by atoms with Crippen molar-refractivity contribution in [1.82, 2.24) is 14.3 Å². The highest BCUT2D eigenvalue weighted by atomic mass is 32.2. The molecular weight excluding hydrogens is 354 g/mol. The molecule has 0 atom stereocenters. The number of hydrogen-bond donors (Lipinski definition) is 2. The molecule has 2 heterocycles. The predicted molar refractivity (Wildman–Crippen MR) is 99.0 cm³/mol. The van der Waals surface area contributed by atoms with Gasteiger partial charge in [-0.25, -0.2) is 22.7 Å². The first kappa shape index (κ1) is 18.3. The van der Waals surface area contributed by atoms with Crippen LogP contribution in [0.2, 0.25) is 0 Å². The van der Waals surface area contributed by atoms with Crippen LogP contribution >= 0.6 is 0 Å². The van der Waals surface area contributed by atoms with Gasteiger partial charge >= 0.3 is 0 Å². The molecular formula is C17H21N5O3S. The first-order valence-electron chi connectivity index (χ1n) is 8.28. The zero-order chi connectivity index (χ0) is 18.7. The number of carbonyl (C=O) groups excluding carboxylic acids is 1.